The molecule has 192 valence electrons. The van der Waals surface area contributed by atoms with Gasteiger partial charge in [0.2, 0.25) is 0 Å². The number of fused-ring (bicyclic) bond motifs is 8. The zero-order valence-electron chi connectivity index (χ0n) is 22.0. The van der Waals surface area contributed by atoms with E-state index in [1.54, 1.807) is 0 Å². The van der Waals surface area contributed by atoms with Gasteiger partial charge in [-0.05, 0) is 65.2 Å². The van der Waals surface area contributed by atoms with E-state index in [1.165, 1.54) is 0 Å². The monoisotopic (exact) mass is 525 g/mol. The fraction of sp³-hybridized carbons (Fsp3) is 0. The molecule has 3 heteroatoms. The Bertz CT molecular complexity index is 2420. The van der Waals surface area contributed by atoms with Crippen LogP contribution in [0, 0.1) is 0 Å². The zero-order chi connectivity index (χ0) is 26.9. The third-order valence-corrected chi connectivity index (χ3v) is 8.22. The van der Waals surface area contributed by atoms with E-state index in [0.29, 0.717) is 0 Å². The van der Waals surface area contributed by atoms with Crippen molar-refractivity contribution in [2.24, 2.45) is 0 Å². The maximum absolute atomic E-state index is 6.82. The highest BCUT2D eigenvalue weighted by atomic mass is 16.3. The van der Waals surface area contributed by atoms with Gasteiger partial charge in [0.25, 0.3) is 0 Å². The molecule has 3 aromatic heterocycles. The first-order valence-electron chi connectivity index (χ1n) is 13.9. The number of para-hydroxylation sites is 4. The molecule has 0 saturated heterocycles. The molecular weight excluding hydrogens is 502 g/mol. The molecule has 3 nitrogen and oxygen atoms in total. The molecule has 0 N–H and O–H groups in total. The van der Waals surface area contributed by atoms with Crippen LogP contribution < -0.4 is 0 Å². The molecule has 0 atom stereocenters. The molecule has 3 heterocycles. The van der Waals surface area contributed by atoms with Crippen LogP contribution in [0.4, 0.5) is 0 Å². The maximum atomic E-state index is 6.82. The second kappa shape index (κ2) is 8.48. The van der Waals surface area contributed by atoms with Crippen molar-refractivity contribution < 1.29 is 8.83 Å². The molecule has 41 heavy (non-hydrogen) atoms. The fourth-order valence-corrected chi connectivity index (χ4v) is 6.41. The predicted octanol–water partition coefficient (Wildman–Crippen LogP) is 10.8. The summed E-state index contributed by atoms with van der Waals surface area (Å²) in [6.07, 6.45) is 0. The molecule has 9 rings (SSSR count). The number of hydrogen-bond acceptors (Lipinski definition) is 2. The van der Waals surface area contributed by atoms with Crippen molar-refractivity contribution >= 4 is 54.9 Å². The summed E-state index contributed by atoms with van der Waals surface area (Å²) >= 11 is 0. The van der Waals surface area contributed by atoms with Gasteiger partial charge in [0.15, 0.2) is 5.58 Å². The lowest BCUT2D eigenvalue weighted by molar-refractivity contribution is 0.669. The lowest BCUT2D eigenvalue weighted by Crippen LogP contribution is -1.93. The van der Waals surface area contributed by atoms with Crippen LogP contribution in [0.1, 0.15) is 0 Å². The maximum Gasteiger partial charge on any atom is 0.161 e. The average Bonchev–Trinajstić information content (AvgIpc) is 3.70. The standard InChI is InChI=1S/C38H23NO2/c1-2-11-25(12-3-1)39-33-19-8-6-16-31(33)38-36(39)32-18-10-17-30(37(32)41-38)27-14-5-4-13-26(27)24-21-22-29-28-15-7-9-20-34(28)40-35(29)23-24/h1-23H. The fourth-order valence-electron chi connectivity index (χ4n) is 6.41. The molecule has 0 saturated carbocycles. The summed E-state index contributed by atoms with van der Waals surface area (Å²) < 4.78 is 15.4. The Hall–Kier alpha value is -5.54. The van der Waals surface area contributed by atoms with Gasteiger partial charge in [-0.15, -0.1) is 0 Å². The molecule has 0 amide bonds. The summed E-state index contributed by atoms with van der Waals surface area (Å²) in [5.74, 6) is 0. The first kappa shape index (κ1) is 22.3. The summed E-state index contributed by atoms with van der Waals surface area (Å²) in [6.45, 7) is 0. The SMILES string of the molecule is c1ccc(-n2c3ccccc3c3oc4c(-c5ccccc5-c5ccc6c(c5)oc5ccccc56)cccc4c32)cc1. The molecule has 0 aliphatic heterocycles. The van der Waals surface area contributed by atoms with Gasteiger partial charge in [-0.25, -0.2) is 0 Å². The number of nitrogens with zero attached hydrogens (tertiary/aromatic N) is 1. The van der Waals surface area contributed by atoms with Crippen LogP contribution in [0.15, 0.2) is 148 Å². The predicted molar refractivity (Wildman–Crippen MR) is 169 cm³/mol. The second-order valence-corrected chi connectivity index (χ2v) is 10.5. The molecule has 9 aromatic rings. The van der Waals surface area contributed by atoms with Gasteiger partial charge < -0.3 is 13.4 Å². The van der Waals surface area contributed by atoms with Gasteiger partial charge in [0.05, 0.1) is 5.52 Å². The first-order chi connectivity index (χ1) is 20.3. The lowest BCUT2D eigenvalue weighted by Gasteiger charge is -2.11. The van der Waals surface area contributed by atoms with Gasteiger partial charge in [-0.3, -0.25) is 0 Å². The Morgan fingerprint density at radius 2 is 1.10 bits per heavy atom. The zero-order valence-corrected chi connectivity index (χ0v) is 22.0. The van der Waals surface area contributed by atoms with E-state index in [-0.39, 0.29) is 0 Å². The number of rotatable bonds is 3. The minimum absolute atomic E-state index is 0.892. The normalized spacial score (nSPS) is 11.9. The number of benzene rings is 6. The Labute approximate surface area is 235 Å². The quantitative estimate of drug-likeness (QED) is 0.230. The Morgan fingerprint density at radius 1 is 0.415 bits per heavy atom. The van der Waals surface area contributed by atoms with Crippen molar-refractivity contribution in [2.45, 2.75) is 0 Å². The van der Waals surface area contributed by atoms with E-state index in [4.69, 9.17) is 8.83 Å². The third kappa shape index (κ3) is 3.20. The van der Waals surface area contributed by atoms with E-state index >= 15 is 0 Å². The van der Waals surface area contributed by atoms with E-state index in [0.717, 1.165) is 82.9 Å². The van der Waals surface area contributed by atoms with E-state index in [9.17, 15) is 0 Å². The summed E-state index contributed by atoms with van der Waals surface area (Å²) in [5, 5.41) is 4.48. The minimum atomic E-state index is 0.892. The molecule has 6 aromatic carbocycles. The van der Waals surface area contributed by atoms with Crippen LogP contribution in [0.5, 0.6) is 0 Å². The van der Waals surface area contributed by atoms with Crippen molar-refractivity contribution in [1.29, 1.82) is 0 Å². The Balaban J connectivity index is 1.30. The topological polar surface area (TPSA) is 31.2 Å². The van der Waals surface area contributed by atoms with Crippen molar-refractivity contribution in [3.63, 3.8) is 0 Å². The average molecular weight is 526 g/mol. The van der Waals surface area contributed by atoms with E-state index in [1.807, 2.05) is 12.1 Å². The van der Waals surface area contributed by atoms with Crippen molar-refractivity contribution in [1.82, 2.24) is 4.57 Å². The molecule has 0 radical (unpaired) electrons. The number of furan rings is 2. The molecule has 0 bridgehead atoms. The summed E-state index contributed by atoms with van der Waals surface area (Å²) in [5.41, 5.74) is 11.4. The molecule has 0 aliphatic carbocycles. The van der Waals surface area contributed by atoms with Crippen LogP contribution in [0.25, 0.3) is 82.9 Å². The van der Waals surface area contributed by atoms with Crippen LogP contribution in [0.2, 0.25) is 0 Å². The Kier molecular flexibility index (Phi) is 4.61. The highest BCUT2D eigenvalue weighted by molar-refractivity contribution is 6.19. The van der Waals surface area contributed by atoms with Crippen LogP contribution in [0.3, 0.4) is 0 Å². The van der Waals surface area contributed by atoms with Crippen LogP contribution in [-0.4, -0.2) is 4.57 Å². The summed E-state index contributed by atoms with van der Waals surface area (Å²) in [4.78, 5) is 0. The summed E-state index contributed by atoms with van der Waals surface area (Å²) in [7, 11) is 0. The highest BCUT2D eigenvalue weighted by Gasteiger charge is 2.22. The van der Waals surface area contributed by atoms with Crippen LogP contribution in [-0.2, 0) is 0 Å². The van der Waals surface area contributed by atoms with Gasteiger partial charge in [-0.1, -0.05) is 91.0 Å². The molecule has 0 aliphatic rings. The molecular formula is C38H23NO2. The van der Waals surface area contributed by atoms with Gasteiger partial charge >= 0.3 is 0 Å². The molecule has 0 fully saturated rings. The van der Waals surface area contributed by atoms with E-state index < -0.39 is 0 Å². The van der Waals surface area contributed by atoms with Crippen molar-refractivity contribution in [3.8, 4) is 27.9 Å². The molecule has 0 unspecified atom stereocenters. The molecule has 0 spiro atoms. The Morgan fingerprint density at radius 3 is 2.00 bits per heavy atom. The van der Waals surface area contributed by atoms with Gasteiger partial charge in [-0.2, -0.15) is 0 Å². The van der Waals surface area contributed by atoms with Gasteiger partial charge in [0, 0.05) is 32.8 Å². The van der Waals surface area contributed by atoms with E-state index in [2.05, 4.69) is 132 Å². The van der Waals surface area contributed by atoms with Gasteiger partial charge in [0.1, 0.15) is 22.3 Å². The minimum Gasteiger partial charge on any atom is -0.456 e. The first-order valence-corrected chi connectivity index (χ1v) is 13.9. The number of aromatic nitrogens is 1. The van der Waals surface area contributed by atoms with Crippen molar-refractivity contribution in [2.75, 3.05) is 0 Å². The third-order valence-electron chi connectivity index (χ3n) is 8.22. The van der Waals surface area contributed by atoms with Crippen molar-refractivity contribution in [3.05, 3.63) is 140 Å². The van der Waals surface area contributed by atoms with Crippen LogP contribution >= 0.6 is 0 Å². The number of hydrogen-bond donors (Lipinski definition) is 0. The summed E-state index contributed by atoms with van der Waals surface area (Å²) in [6, 6.07) is 48.8. The largest absolute Gasteiger partial charge is 0.456 e. The second-order valence-electron chi connectivity index (χ2n) is 10.5. The smallest absolute Gasteiger partial charge is 0.161 e. The lowest BCUT2D eigenvalue weighted by atomic mass is 9.93. The highest BCUT2D eigenvalue weighted by Crippen LogP contribution is 2.44.